The van der Waals surface area contributed by atoms with Crippen molar-refractivity contribution in [1.29, 1.82) is 0 Å². The standard InChI is InChI=1S/C18H38O7S.Li/c1-2-3-4-5-6-7-8-9-10-11-12-22-13-14-23-15-16-24-17-18-25-26(19,20)21;/h2-18H2,1H3,(H,19,20,21);/q;+1/p-1. The van der Waals surface area contributed by atoms with Gasteiger partial charge >= 0.3 is 18.9 Å². The van der Waals surface area contributed by atoms with Crippen molar-refractivity contribution < 1.29 is 50.2 Å². The molecule has 0 saturated heterocycles. The van der Waals surface area contributed by atoms with Crippen LogP contribution >= 0.6 is 0 Å². The molecule has 9 heteroatoms. The molecule has 0 aromatic carbocycles. The molecule has 0 fully saturated rings. The Kier molecular flexibility index (Phi) is 24.8. The van der Waals surface area contributed by atoms with Crippen molar-refractivity contribution in [3.05, 3.63) is 0 Å². The Hall–Kier alpha value is 0.347. The molecule has 0 aliphatic carbocycles. The Balaban J connectivity index is 0. The third-order valence-corrected chi connectivity index (χ3v) is 4.30. The largest absolute Gasteiger partial charge is 1.00 e. The van der Waals surface area contributed by atoms with Gasteiger partial charge in [-0.05, 0) is 6.42 Å². The van der Waals surface area contributed by atoms with Crippen LogP contribution in [0.1, 0.15) is 71.1 Å². The van der Waals surface area contributed by atoms with E-state index in [-0.39, 0.29) is 32.1 Å². The second-order valence-electron chi connectivity index (χ2n) is 6.25. The fraction of sp³-hybridized carbons (Fsp3) is 1.00. The van der Waals surface area contributed by atoms with Gasteiger partial charge in [0, 0.05) is 6.61 Å². The SMILES string of the molecule is CCCCCCCCCCCCOCCOCCOCCOS(=O)(=O)[O-].[Li+]. The molecule has 0 amide bonds. The number of unbranched alkanes of at least 4 members (excludes halogenated alkanes) is 9. The van der Waals surface area contributed by atoms with E-state index in [1.54, 1.807) is 0 Å². The fourth-order valence-electron chi connectivity index (χ4n) is 2.43. The van der Waals surface area contributed by atoms with Gasteiger partial charge in [-0.2, -0.15) is 0 Å². The summed E-state index contributed by atoms with van der Waals surface area (Å²) in [5, 5.41) is 0. The number of ether oxygens (including phenoxy) is 3. The maximum atomic E-state index is 10.2. The summed E-state index contributed by atoms with van der Waals surface area (Å²) >= 11 is 0. The first-order chi connectivity index (χ1) is 12.6. The molecule has 0 N–H and O–H groups in total. The average molecular weight is 404 g/mol. The molecule has 0 aromatic rings. The molecular weight excluding hydrogens is 367 g/mol. The van der Waals surface area contributed by atoms with Crippen LogP contribution in [0.2, 0.25) is 0 Å². The van der Waals surface area contributed by atoms with E-state index < -0.39 is 10.4 Å². The summed E-state index contributed by atoms with van der Waals surface area (Å²) in [6, 6.07) is 0. The summed E-state index contributed by atoms with van der Waals surface area (Å²) in [5.74, 6) is 0. The third kappa shape index (κ3) is 28.7. The van der Waals surface area contributed by atoms with Crippen LogP contribution in [0.25, 0.3) is 0 Å². The molecule has 158 valence electrons. The van der Waals surface area contributed by atoms with E-state index >= 15 is 0 Å². The van der Waals surface area contributed by atoms with Gasteiger partial charge in [0.1, 0.15) is 0 Å². The average Bonchev–Trinajstić information content (AvgIpc) is 2.59. The van der Waals surface area contributed by atoms with Gasteiger partial charge in [-0.3, -0.25) is 4.18 Å². The van der Waals surface area contributed by atoms with Crippen LogP contribution in [0.15, 0.2) is 0 Å². The van der Waals surface area contributed by atoms with Crippen LogP contribution < -0.4 is 18.9 Å². The fourth-order valence-corrected chi connectivity index (χ4v) is 2.70. The van der Waals surface area contributed by atoms with Gasteiger partial charge in [0.15, 0.2) is 0 Å². The molecule has 7 nitrogen and oxygen atoms in total. The topological polar surface area (TPSA) is 94.1 Å². The maximum absolute atomic E-state index is 10.2. The van der Waals surface area contributed by atoms with Crippen LogP contribution in [-0.4, -0.2) is 59.2 Å². The van der Waals surface area contributed by atoms with Crippen LogP contribution in [0, 0.1) is 0 Å². The summed E-state index contributed by atoms with van der Waals surface area (Å²) in [6.07, 6.45) is 13.2. The molecule has 0 heterocycles. The minimum Gasteiger partial charge on any atom is -0.726 e. The van der Waals surface area contributed by atoms with Gasteiger partial charge in [-0.15, -0.1) is 0 Å². The minimum atomic E-state index is -4.63. The van der Waals surface area contributed by atoms with Gasteiger partial charge < -0.3 is 18.8 Å². The maximum Gasteiger partial charge on any atom is 1.00 e. The molecule has 0 aliphatic rings. The van der Waals surface area contributed by atoms with Crippen molar-refractivity contribution in [1.82, 2.24) is 0 Å². The molecule has 0 bridgehead atoms. The van der Waals surface area contributed by atoms with E-state index in [0.29, 0.717) is 26.4 Å². The number of hydrogen-bond acceptors (Lipinski definition) is 7. The van der Waals surface area contributed by atoms with Crippen molar-refractivity contribution in [3.8, 4) is 0 Å². The summed E-state index contributed by atoms with van der Waals surface area (Å²) in [5.41, 5.74) is 0. The molecule has 0 spiro atoms. The zero-order chi connectivity index (χ0) is 19.3. The molecule has 0 rings (SSSR count). The minimum absolute atomic E-state index is 0. The van der Waals surface area contributed by atoms with Crippen molar-refractivity contribution in [2.24, 2.45) is 0 Å². The van der Waals surface area contributed by atoms with Gasteiger partial charge in [0.2, 0.25) is 10.4 Å². The summed E-state index contributed by atoms with van der Waals surface area (Å²) < 4.78 is 50.3. The molecule has 0 unspecified atom stereocenters. The monoisotopic (exact) mass is 404 g/mol. The summed E-state index contributed by atoms with van der Waals surface area (Å²) in [4.78, 5) is 0. The molecule has 27 heavy (non-hydrogen) atoms. The first kappa shape index (κ1) is 29.5. The van der Waals surface area contributed by atoms with E-state index in [1.165, 1.54) is 57.8 Å². The molecule has 0 radical (unpaired) electrons. The second-order valence-corrected chi connectivity index (χ2v) is 7.30. The summed E-state index contributed by atoms with van der Waals surface area (Å²) in [6.45, 7) is 4.58. The van der Waals surface area contributed by atoms with E-state index in [9.17, 15) is 13.0 Å². The molecule has 0 aliphatic heterocycles. The Bertz CT molecular complexity index is 380. The quantitative estimate of drug-likeness (QED) is 0.119. The van der Waals surface area contributed by atoms with E-state index in [2.05, 4.69) is 11.1 Å². The van der Waals surface area contributed by atoms with E-state index in [0.717, 1.165) is 13.0 Å². The zero-order valence-electron chi connectivity index (χ0n) is 17.3. The number of hydrogen-bond donors (Lipinski definition) is 0. The Morgan fingerprint density at radius 1 is 0.593 bits per heavy atom. The second kappa shape index (κ2) is 22.6. The zero-order valence-corrected chi connectivity index (χ0v) is 18.1. The van der Waals surface area contributed by atoms with Gasteiger partial charge in [0.25, 0.3) is 0 Å². The van der Waals surface area contributed by atoms with Gasteiger partial charge in [-0.1, -0.05) is 64.7 Å². The van der Waals surface area contributed by atoms with Gasteiger partial charge in [-0.25, -0.2) is 8.42 Å². The van der Waals surface area contributed by atoms with E-state index in [1.807, 2.05) is 0 Å². The predicted octanol–water partition coefficient (Wildman–Crippen LogP) is 0.438. The van der Waals surface area contributed by atoms with Crippen LogP contribution in [-0.2, 0) is 28.8 Å². The molecule has 0 aromatic heterocycles. The van der Waals surface area contributed by atoms with Crippen molar-refractivity contribution in [2.75, 3.05) is 46.2 Å². The number of rotatable bonds is 21. The van der Waals surface area contributed by atoms with Crippen molar-refractivity contribution in [3.63, 3.8) is 0 Å². The Labute approximate surface area is 178 Å². The van der Waals surface area contributed by atoms with Crippen LogP contribution in [0.5, 0.6) is 0 Å². The molecule has 0 saturated carbocycles. The van der Waals surface area contributed by atoms with Gasteiger partial charge in [0.05, 0.1) is 39.6 Å². The summed E-state index contributed by atoms with van der Waals surface area (Å²) in [7, 11) is -4.63. The molecular formula is C18H37LiO7S. The van der Waals surface area contributed by atoms with Crippen LogP contribution in [0.4, 0.5) is 0 Å². The third-order valence-electron chi connectivity index (χ3n) is 3.84. The van der Waals surface area contributed by atoms with Crippen molar-refractivity contribution >= 4 is 10.4 Å². The van der Waals surface area contributed by atoms with Crippen LogP contribution in [0.3, 0.4) is 0 Å². The van der Waals surface area contributed by atoms with Crippen molar-refractivity contribution in [2.45, 2.75) is 71.1 Å². The van der Waals surface area contributed by atoms with E-state index in [4.69, 9.17) is 14.2 Å². The smallest absolute Gasteiger partial charge is 0.726 e. The Morgan fingerprint density at radius 3 is 1.41 bits per heavy atom. The predicted molar refractivity (Wildman–Crippen MR) is 100.0 cm³/mol. The molecule has 0 atom stereocenters. The first-order valence-corrected chi connectivity index (χ1v) is 11.2. The first-order valence-electron chi connectivity index (χ1n) is 9.89. The normalized spacial score (nSPS) is 11.5. The Morgan fingerprint density at radius 2 is 0.963 bits per heavy atom.